The second-order valence-electron chi connectivity index (χ2n) is 8.51. The summed E-state index contributed by atoms with van der Waals surface area (Å²) in [4.78, 5) is 26.8. The lowest BCUT2D eigenvalue weighted by molar-refractivity contribution is -0.393. The van der Waals surface area contributed by atoms with E-state index < -0.39 is 21.2 Å². The molecule has 0 heterocycles. The number of nitro benzene ring substituents is 2. The Kier molecular flexibility index (Phi) is 6.83. The minimum Gasteiger partial charge on any atom is -0.507 e. The highest BCUT2D eigenvalue weighted by Gasteiger charge is 2.25. The number of nitrogens with zero attached hydrogens (tertiary/aromatic N) is 3. The number of benzene rings is 5. The first-order chi connectivity index (χ1) is 18.9. The van der Waals surface area contributed by atoms with Crippen LogP contribution in [0.3, 0.4) is 0 Å². The minimum absolute atomic E-state index is 0.0414. The van der Waals surface area contributed by atoms with Gasteiger partial charge in [0.05, 0.1) is 27.3 Å². The number of nitrogens with one attached hydrogen (secondary N) is 2. The van der Waals surface area contributed by atoms with Crippen molar-refractivity contribution >= 4 is 56.8 Å². The van der Waals surface area contributed by atoms with E-state index in [1.54, 1.807) is 60.7 Å². The number of hydrogen-bond donors (Lipinski definition) is 3. The molecule has 0 unspecified atom stereocenters. The fourth-order valence-corrected chi connectivity index (χ4v) is 4.15. The first-order valence-electron chi connectivity index (χ1n) is 11.8. The van der Waals surface area contributed by atoms with E-state index in [0.717, 1.165) is 16.8 Å². The number of nitro groups is 2. The van der Waals surface area contributed by atoms with E-state index in [1.165, 1.54) is 12.3 Å². The monoisotopic (exact) mass is 519 g/mol. The molecule has 10 heteroatoms. The molecule has 5 rings (SSSR count). The molecule has 0 aromatic heterocycles. The average Bonchev–Trinajstić information content (AvgIpc) is 2.93. The molecule has 0 atom stereocenters. The molecule has 192 valence electrons. The van der Waals surface area contributed by atoms with Gasteiger partial charge in [0.15, 0.2) is 0 Å². The average molecular weight is 520 g/mol. The Labute approximate surface area is 222 Å². The topological polar surface area (TPSA) is 143 Å². The summed E-state index contributed by atoms with van der Waals surface area (Å²) >= 11 is 0. The summed E-state index contributed by atoms with van der Waals surface area (Å²) in [5, 5.41) is 41.8. The van der Waals surface area contributed by atoms with Crippen LogP contribution in [-0.2, 0) is 0 Å². The van der Waals surface area contributed by atoms with Crippen LogP contribution < -0.4 is 10.6 Å². The fourth-order valence-electron chi connectivity index (χ4n) is 4.15. The largest absolute Gasteiger partial charge is 0.507 e. The summed E-state index contributed by atoms with van der Waals surface area (Å²) in [5.41, 5.74) is 1.20. The van der Waals surface area contributed by atoms with Crippen LogP contribution in [0.4, 0.5) is 39.8 Å². The number of aromatic hydroxyl groups is 1. The van der Waals surface area contributed by atoms with Crippen molar-refractivity contribution in [2.24, 2.45) is 4.99 Å². The summed E-state index contributed by atoms with van der Waals surface area (Å²) in [6.07, 6.45) is 1.53. The third-order valence-electron chi connectivity index (χ3n) is 6.01. The van der Waals surface area contributed by atoms with Crippen LogP contribution in [0.25, 0.3) is 10.8 Å². The van der Waals surface area contributed by atoms with Crippen LogP contribution in [0.2, 0.25) is 0 Å². The van der Waals surface area contributed by atoms with Gasteiger partial charge in [-0.05, 0) is 47.2 Å². The van der Waals surface area contributed by atoms with Crippen LogP contribution in [-0.4, -0.2) is 21.2 Å². The quantitative estimate of drug-likeness (QED) is 0.109. The second-order valence-corrected chi connectivity index (χ2v) is 8.51. The molecule has 0 radical (unpaired) electrons. The van der Waals surface area contributed by atoms with Crippen LogP contribution in [0.5, 0.6) is 5.75 Å². The number of phenolic OH excluding ortho intramolecular Hbond substituents is 1. The van der Waals surface area contributed by atoms with Crippen LogP contribution in [0, 0.1) is 20.2 Å². The molecule has 10 nitrogen and oxygen atoms in total. The molecule has 0 aliphatic rings. The fraction of sp³-hybridized carbons (Fsp3) is 0. The van der Waals surface area contributed by atoms with Crippen molar-refractivity contribution in [2.45, 2.75) is 0 Å². The summed E-state index contributed by atoms with van der Waals surface area (Å²) in [7, 11) is 0. The molecule has 0 aliphatic carbocycles. The Balaban J connectivity index is 1.55. The molecule has 5 aromatic carbocycles. The minimum atomic E-state index is -0.679. The summed E-state index contributed by atoms with van der Waals surface area (Å²) in [5.74, 6) is 0.0607. The first-order valence-corrected chi connectivity index (χ1v) is 11.8. The summed E-state index contributed by atoms with van der Waals surface area (Å²) < 4.78 is 0. The number of phenols is 1. The normalized spacial score (nSPS) is 11.0. The molecule has 0 amide bonds. The van der Waals surface area contributed by atoms with Crippen molar-refractivity contribution < 1.29 is 15.0 Å². The Bertz CT molecular complexity index is 1740. The second kappa shape index (κ2) is 10.7. The van der Waals surface area contributed by atoms with E-state index >= 15 is 0 Å². The van der Waals surface area contributed by atoms with E-state index in [2.05, 4.69) is 15.6 Å². The molecule has 3 N–H and O–H groups in total. The number of anilines is 4. The standard InChI is InChI=1S/C29H21N5O5/c35-29-15-14-19-8-4-5-11-21(19)22(29)18-30-23-12-6-7-13-24(23)32-26-16-25(31-20-9-2-1-3-10-20)27(33(36)37)17-28(26)34(38)39/h1-18,31-32,35H. The van der Waals surface area contributed by atoms with Crippen LogP contribution in [0.1, 0.15) is 5.56 Å². The van der Waals surface area contributed by atoms with Crippen molar-refractivity contribution in [3.63, 3.8) is 0 Å². The Hall–Kier alpha value is -5.77. The Morgan fingerprint density at radius 1 is 0.692 bits per heavy atom. The lowest BCUT2D eigenvalue weighted by Crippen LogP contribution is -2.03. The lowest BCUT2D eigenvalue weighted by atomic mass is 10.0. The smallest absolute Gasteiger partial charge is 0.299 e. The summed E-state index contributed by atoms with van der Waals surface area (Å²) in [6.45, 7) is 0. The van der Waals surface area contributed by atoms with E-state index in [0.29, 0.717) is 22.6 Å². The van der Waals surface area contributed by atoms with Crippen LogP contribution >= 0.6 is 0 Å². The van der Waals surface area contributed by atoms with Gasteiger partial charge in [0.25, 0.3) is 11.4 Å². The van der Waals surface area contributed by atoms with E-state index in [-0.39, 0.29) is 17.1 Å². The van der Waals surface area contributed by atoms with Gasteiger partial charge in [0.2, 0.25) is 0 Å². The predicted octanol–water partition coefficient (Wildman–Crippen LogP) is 7.60. The van der Waals surface area contributed by atoms with Gasteiger partial charge in [0, 0.05) is 17.5 Å². The van der Waals surface area contributed by atoms with Gasteiger partial charge in [-0.3, -0.25) is 25.2 Å². The van der Waals surface area contributed by atoms with Crippen LogP contribution in [0.15, 0.2) is 108 Å². The number of fused-ring (bicyclic) bond motifs is 1. The molecular weight excluding hydrogens is 498 g/mol. The van der Waals surface area contributed by atoms with Gasteiger partial charge < -0.3 is 15.7 Å². The highest BCUT2D eigenvalue weighted by molar-refractivity contribution is 6.03. The third-order valence-corrected chi connectivity index (χ3v) is 6.01. The maximum Gasteiger partial charge on any atom is 0.299 e. The maximum absolute atomic E-state index is 11.9. The molecule has 0 aliphatic heterocycles. The van der Waals surface area contributed by atoms with E-state index in [1.807, 2.05) is 30.3 Å². The van der Waals surface area contributed by atoms with Gasteiger partial charge in [-0.15, -0.1) is 0 Å². The molecule has 0 saturated heterocycles. The van der Waals surface area contributed by atoms with Crippen molar-refractivity contribution in [2.75, 3.05) is 10.6 Å². The predicted molar refractivity (Wildman–Crippen MR) is 152 cm³/mol. The molecule has 39 heavy (non-hydrogen) atoms. The van der Waals surface area contributed by atoms with Gasteiger partial charge in [-0.25, -0.2) is 0 Å². The molecule has 0 spiro atoms. The van der Waals surface area contributed by atoms with Gasteiger partial charge in [-0.2, -0.15) is 0 Å². The molecule has 0 saturated carbocycles. The van der Waals surface area contributed by atoms with Gasteiger partial charge >= 0.3 is 0 Å². The zero-order valence-electron chi connectivity index (χ0n) is 20.3. The highest BCUT2D eigenvalue weighted by atomic mass is 16.6. The zero-order valence-corrected chi connectivity index (χ0v) is 20.3. The van der Waals surface area contributed by atoms with Gasteiger partial charge in [-0.1, -0.05) is 60.7 Å². The lowest BCUT2D eigenvalue weighted by Gasteiger charge is -2.13. The maximum atomic E-state index is 11.9. The molecule has 5 aromatic rings. The third kappa shape index (κ3) is 5.35. The van der Waals surface area contributed by atoms with E-state index in [4.69, 9.17) is 0 Å². The SMILES string of the molecule is O=[N+]([O-])c1cc([N+](=O)[O-])c(Nc2ccccc2N=Cc2c(O)ccc3ccccc23)cc1Nc1ccccc1. The first kappa shape index (κ1) is 24.9. The highest BCUT2D eigenvalue weighted by Crippen LogP contribution is 2.40. The number of hydrogen-bond acceptors (Lipinski definition) is 8. The van der Waals surface area contributed by atoms with E-state index in [9.17, 15) is 25.3 Å². The van der Waals surface area contributed by atoms with Crippen molar-refractivity contribution in [3.05, 3.63) is 129 Å². The summed E-state index contributed by atoms with van der Waals surface area (Å²) in [6, 6.07) is 28.9. The molecule has 0 fully saturated rings. The number of para-hydroxylation sites is 3. The Morgan fingerprint density at radius 3 is 2.08 bits per heavy atom. The van der Waals surface area contributed by atoms with Crippen molar-refractivity contribution in [1.82, 2.24) is 0 Å². The molecular formula is C29H21N5O5. The number of aliphatic imine (C=N–C) groups is 1. The Morgan fingerprint density at radius 2 is 1.33 bits per heavy atom. The van der Waals surface area contributed by atoms with Crippen molar-refractivity contribution in [1.29, 1.82) is 0 Å². The van der Waals surface area contributed by atoms with Gasteiger partial charge in [0.1, 0.15) is 17.1 Å². The van der Waals surface area contributed by atoms with Crippen molar-refractivity contribution in [3.8, 4) is 5.75 Å². The number of rotatable bonds is 8. The molecule has 0 bridgehead atoms. The zero-order chi connectivity index (χ0) is 27.4.